The van der Waals surface area contributed by atoms with Gasteiger partial charge in [0.1, 0.15) is 12.4 Å². The number of amides is 1. The van der Waals surface area contributed by atoms with Crippen molar-refractivity contribution in [3.8, 4) is 5.75 Å². The summed E-state index contributed by atoms with van der Waals surface area (Å²) in [5, 5.41) is 8.97. The first-order valence-electron chi connectivity index (χ1n) is 14.0. The SMILES string of the molecule is Cc1cc2[nH]c(=O)c3cnn(C4CCOCC4)c3c2cc1C(=O)NCc1ccc(OCCN2CCOCC2)cc1. The Kier molecular flexibility index (Phi) is 7.81. The standard InChI is InChI=1S/C30H35N5O5/c1-20-16-27-25(28-26(30(37)33-27)19-32-35(28)22-6-11-38-12-7-22)17-24(20)29(36)31-18-21-2-4-23(5-3-21)40-15-10-34-8-13-39-14-9-34/h2-5,16-17,19,22H,6-15,18H2,1H3,(H,31,36)(H,33,37). The molecule has 0 atom stereocenters. The van der Waals surface area contributed by atoms with Gasteiger partial charge in [-0.25, -0.2) is 0 Å². The van der Waals surface area contributed by atoms with Gasteiger partial charge in [0.15, 0.2) is 0 Å². The number of carbonyl (C=O) groups excluding carboxylic acids is 1. The zero-order valence-corrected chi connectivity index (χ0v) is 22.8. The molecule has 6 rings (SSSR count). The Hall–Kier alpha value is -3.73. The first-order chi connectivity index (χ1) is 19.6. The van der Waals surface area contributed by atoms with Gasteiger partial charge in [0.05, 0.1) is 41.9 Å². The molecule has 10 heteroatoms. The number of nitrogens with zero attached hydrogens (tertiary/aromatic N) is 3. The van der Waals surface area contributed by atoms with Crippen LogP contribution in [0.2, 0.25) is 0 Å². The van der Waals surface area contributed by atoms with Crippen molar-refractivity contribution in [3.05, 3.63) is 69.6 Å². The van der Waals surface area contributed by atoms with Crippen LogP contribution in [0.25, 0.3) is 21.8 Å². The predicted octanol–water partition coefficient (Wildman–Crippen LogP) is 3.18. The van der Waals surface area contributed by atoms with Crippen LogP contribution in [0.5, 0.6) is 5.75 Å². The van der Waals surface area contributed by atoms with Gasteiger partial charge in [-0.15, -0.1) is 0 Å². The van der Waals surface area contributed by atoms with Crippen molar-refractivity contribution in [1.29, 1.82) is 0 Å². The third-order valence-electron chi connectivity index (χ3n) is 7.85. The van der Waals surface area contributed by atoms with E-state index in [1.165, 1.54) is 0 Å². The van der Waals surface area contributed by atoms with Crippen LogP contribution in [0.4, 0.5) is 0 Å². The maximum absolute atomic E-state index is 13.3. The lowest BCUT2D eigenvalue weighted by Crippen LogP contribution is -2.38. The van der Waals surface area contributed by atoms with Gasteiger partial charge in [0.2, 0.25) is 0 Å². The first kappa shape index (κ1) is 26.5. The van der Waals surface area contributed by atoms with Crippen molar-refractivity contribution in [2.24, 2.45) is 0 Å². The third kappa shape index (κ3) is 5.60. The van der Waals surface area contributed by atoms with Crippen LogP contribution >= 0.6 is 0 Å². The molecule has 2 fully saturated rings. The average Bonchev–Trinajstić information content (AvgIpc) is 3.44. The normalized spacial score (nSPS) is 16.9. The van der Waals surface area contributed by atoms with Gasteiger partial charge < -0.3 is 24.5 Å². The average molecular weight is 546 g/mol. The number of pyridine rings is 1. The van der Waals surface area contributed by atoms with Gasteiger partial charge in [0, 0.05) is 50.3 Å². The quantitative estimate of drug-likeness (QED) is 0.350. The molecule has 10 nitrogen and oxygen atoms in total. The minimum absolute atomic E-state index is 0.154. The Morgan fingerprint density at radius 1 is 1.07 bits per heavy atom. The number of ether oxygens (including phenoxy) is 3. The summed E-state index contributed by atoms with van der Waals surface area (Å²) in [6.45, 7) is 8.58. The summed E-state index contributed by atoms with van der Waals surface area (Å²) in [7, 11) is 0. The number of fused-ring (bicyclic) bond motifs is 3. The second-order valence-corrected chi connectivity index (χ2v) is 10.5. The number of morpholine rings is 1. The van der Waals surface area contributed by atoms with E-state index in [2.05, 4.69) is 20.3 Å². The molecular formula is C30H35N5O5. The second kappa shape index (κ2) is 11.8. The summed E-state index contributed by atoms with van der Waals surface area (Å²) in [5.74, 6) is 0.648. The predicted molar refractivity (Wildman–Crippen MR) is 152 cm³/mol. The Morgan fingerprint density at radius 2 is 1.82 bits per heavy atom. The van der Waals surface area contributed by atoms with Crippen LogP contribution in [0.3, 0.4) is 0 Å². The minimum Gasteiger partial charge on any atom is -0.492 e. The van der Waals surface area contributed by atoms with E-state index >= 15 is 0 Å². The fourth-order valence-corrected chi connectivity index (χ4v) is 5.54. The molecule has 4 heterocycles. The highest BCUT2D eigenvalue weighted by atomic mass is 16.5. The minimum atomic E-state index is -0.175. The lowest BCUT2D eigenvalue weighted by molar-refractivity contribution is 0.0322. The monoisotopic (exact) mass is 545 g/mol. The smallest absolute Gasteiger partial charge is 0.259 e. The van der Waals surface area contributed by atoms with Crippen LogP contribution in [0.1, 0.15) is 40.4 Å². The number of rotatable bonds is 8. The molecule has 0 radical (unpaired) electrons. The summed E-state index contributed by atoms with van der Waals surface area (Å²) < 4.78 is 18.7. The number of nitrogens with one attached hydrogen (secondary N) is 2. The van der Waals surface area contributed by atoms with Gasteiger partial charge in [-0.05, 0) is 55.2 Å². The lowest BCUT2D eigenvalue weighted by Gasteiger charge is -2.26. The topological polar surface area (TPSA) is 111 Å². The van der Waals surface area contributed by atoms with Crippen LogP contribution in [0, 0.1) is 6.92 Å². The lowest BCUT2D eigenvalue weighted by atomic mass is 10.0. The second-order valence-electron chi connectivity index (χ2n) is 10.5. The largest absolute Gasteiger partial charge is 0.492 e. The highest BCUT2D eigenvalue weighted by molar-refractivity contribution is 6.07. The zero-order valence-electron chi connectivity index (χ0n) is 22.8. The molecule has 0 aliphatic carbocycles. The van der Waals surface area contributed by atoms with Crippen LogP contribution < -0.4 is 15.6 Å². The molecule has 0 saturated carbocycles. The molecule has 2 aliphatic rings. The number of hydrogen-bond acceptors (Lipinski definition) is 7. The van der Waals surface area contributed by atoms with Gasteiger partial charge in [0.25, 0.3) is 11.5 Å². The van der Waals surface area contributed by atoms with E-state index in [0.717, 1.165) is 73.5 Å². The number of H-pyrrole nitrogens is 1. The summed E-state index contributed by atoms with van der Waals surface area (Å²) in [6.07, 6.45) is 3.29. The highest BCUT2D eigenvalue weighted by Gasteiger charge is 2.22. The van der Waals surface area contributed by atoms with E-state index in [-0.39, 0.29) is 17.5 Å². The molecule has 2 saturated heterocycles. The molecule has 210 valence electrons. The Balaban J connectivity index is 1.15. The van der Waals surface area contributed by atoms with Crippen LogP contribution in [-0.2, 0) is 16.0 Å². The summed E-state index contributed by atoms with van der Waals surface area (Å²) in [5.41, 5.74) is 3.64. The van der Waals surface area contributed by atoms with Crippen molar-refractivity contribution in [2.75, 3.05) is 52.7 Å². The van der Waals surface area contributed by atoms with E-state index in [1.807, 2.05) is 48.0 Å². The van der Waals surface area contributed by atoms with E-state index < -0.39 is 0 Å². The van der Waals surface area contributed by atoms with E-state index in [1.54, 1.807) is 6.20 Å². The highest BCUT2D eigenvalue weighted by Crippen LogP contribution is 2.30. The van der Waals surface area contributed by atoms with Gasteiger partial charge in [-0.2, -0.15) is 5.10 Å². The fraction of sp³-hybridized carbons (Fsp3) is 0.433. The van der Waals surface area contributed by atoms with Crippen molar-refractivity contribution in [2.45, 2.75) is 32.4 Å². The fourth-order valence-electron chi connectivity index (χ4n) is 5.54. The Bertz CT molecular complexity index is 1550. The summed E-state index contributed by atoms with van der Waals surface area (Å²) in [4.78, 5) is 31.4. The molecule has 2 aromatic carbocycles. The van der Waals surface area contributed by atoms with E-state index in [0.29, 0.717) is 42.8 Å². The molecule has 2 N–H and O–H groups in total. The van der Waals surface area contributed by atoms with Gasteiger partial charge in [-0.3, -0.25) is 19.2 Å². The van der Waals surface area contributed by atoms with Crippen LogP contribution in [-0.4, -0.2) is 78.2 Å². The van der Waals surface area contributed by atoms with E-state index in [9.17, 15) is 9.59 Å². The molecule has 2 aliphatic heterocycles. The molecule has 4 aromatic rings. The van der Waals surface area contributed by atoms with Crippen molar-refractivity contribution in [3.63, 3.8) is 0 Å². The number of aromatic amines is 1. The van der Waals surface area contributed by atoms with Gasteiger partial charge >= 0.3 is 0 Å². The first-order valence-corrected chi connectivity index (χ1v) is 14.0. The van der Waals surface area contributed by atoms with E-state index in [4.69, 9.17) is 14.2 Å². The maximum Gasteiger partial charge on any atom is 0.259 e. The maximum atomic E-state index is 13.3. The number of aryl methyl sites for hydroxylation is 1. The van der Waals surface area contributed by atoms with Crippen molar-refractivity contribution >= 4 is 27.7 Å². The zero-order chi connectivity index (χ0) is 27.5. The molecule has 0 bridgehead atoms. The summed E-state index contributed by atoms with van der Waals surface area (Å²) in [6, 6.07) is 11.7. The van der Waals surface area contributed by atoms with Crippen LogP contribution in [0.15, 0.2) is 47.4 Å². The van der Waals surface area contributed by atoms with Crippen molar-refractivity contribution < 1.29 is 19.0 Å². The molecule has 2 aromatic heterocycles. The molecule has 0 spiro atoms. The molecular weight excluding hydrogens is 510 g/mol. The Labute approximate surface area is 232 Å². The van der Waals surface area contributed by atoms with Gasteiger partial charge in [-0.1, -0.05) is 12.1 Å². The number of carbonyl (C=O) groups is 1. The summed E-state index contributed by atoms with van der Waals surface area (Å²) >= 11 is 0. The molecule has 0 unspecified atom stereocenters. The molecule has 40 heavy (non-hydrogen) atoms. The molecule has 1 amide bonds. The number of aromatic nitrogens is 3. The number of benzene rings is 2. The number of hydrogen-bond donors (Lipinski definition) is 2. The Morgan fingerprint density at radius 3 is 2.60 bits per heavy atom. The van der Waals surface area contributed by atoms with Crippen molar-refractivity contribution in [1.82, 2.24) is 25.0 Å². The third-order valence-corrected chi connectivity index (χ3v) is 7.85.